The van der Waals surface area contributed by atoms with E-state index in [1.807, 2.05) is 6.07 Å². The van der Waals surface area contributed by atoms with E-state index in [0.717, 1.165) is 38.9 Å². The third-order valence-corrected chi connectivity index (χ3v) is 4.18. The number of carbonyl (C=O) groups is 1. The van der Waals surface area contributed by atoms with Crippen LogP contribution < -0.4 is 0 Å². The van der Waals surface area contributed by atoms with Gasteiger partial charge in [0.2, 0.25) is 0 Å². The molecule has 0 spiro atoms. The van der Waals surface area contributed by atoms with Crippen molar-refractivity contribution < 1.29 is 9.90 Å². The predicted octanol–water partition coefficient (Wildman–Crippen LogP) is 2.98. The van der Waals surface area contributed by atoms with E-state index >= 15 is 0 Å². The molecule has 0 amide bonds. The van der Waals surface area contributed by atoms with Crippen LogP contribution in [-0.4, -0.2) is 35.6 Å². The fraction of sp³-hybridized carbons (Fsp3) is 0.562. The summed E-state index contributed by atoms with van der Waals surface area (Å²) in [5.41, 5.74) is 1.39. The van der Waals surface area contributed by atoms with Crippen molar-refractivity contribution in [3.05, 3.63) is 35.9 Å². The maximum absolute atomic E-state index is 10.9. The zero-order chi connectivity index (χ0) is 13.7. The largest absolute Gasteiger partial charge is 0.481 e. The van der Waals surface area contributed by atoms with Crippen LogP contribution in [0.3, 0.4) is 0 Å². The molecule has 1 aliphatic heterocycles. The van der Waals surface area contributed by atoms with E-state index in [4.69, 9.17) is 5.11 Å². The lowest BCUT2D eigenvalue weighted by molar-refractivity contribution is -0.143. The zero-order valence-corrected chi connectivity index (χ0v) is 11.6. The van der Waals surface area contributed by atoms with Crippen LogP contribution in [0, 0.1) is 5.92 Å². The molecule has 1 heterocycles. The van der Waals surface area contributed by atoms with Crippen molar-refractivity contribution in [2.45, 2.75) is 32.1 Å². The molecule has 1 aromatic carbocycles. The molecule has 1 aromatic rings. The highest BCUT2D eigenvalue weighted by Gasteiger charge is 2.24. The number of benzene rings is 1. The third-order valence-electron chi connectivity index (χ3n) is 4.18. The second-order valence-electron chi connectivity index (χ2n) is 5.55. The molecule has 2 rings (SSSR count). The number of rotatable bonds is 5. The molecule has 1 atom stereocenters. The first kappa shape index (κ1) is 14.1. The van der Waals surface area contributed by atoms with Crippen molar-refractivity contribution in [1.82, 2.24) is 4.90 Å². The van der Waals surface area contributed by atoms with Crippen LogP contribution >= 0.6 is 0 Å². The number of hydrogen-bond donors (Lipinski definition) is 1. The highest BCUT2D eigenvalue weighted by Crippen LogP contribution is 2.21. The van der Waals surface area contributed by atoms with Crippen molar-refractivity contribution in [2.75, 3.05) is 19.6 Å². The predicted molar refractivity (Wildman–Crippen MR) is 76.3 cm³/mol. The Labute approximate surface area is 115 Å². The number of hydrogen-bond acceptors (Lipinski definition) is 2. The summed E-state index contributed by atoms with van der Waals surface area (Å²) in [5.74, 6) is -0.182. The van der Waals surface area contributed by atoms with E-state index in [2.05, 4.69) is 36.1 Å². The van der Waals surface area contributed by atoms with Crippen LogP contribution in [0.25, 0.3) is 0 Å². The molecule has 0 aromatic heterocycles. The van der Waals surface area contributed by atoms with E-state index in [0.29, 0.717) is 5.92 Å². The van der Waals surface area contributed by atoms with Crippen molar-refractivity contribution in [1.29, 1.82) is 0 Å². The second kappa shape index (κ2) is 6.71. The minimum atomic E-state index is -0.627. The van der Waals surface area contributed by atoms with E-state index < -0.39 is 5.97 Å². The SMILES string of the molecule is CC(CCN1CCC(C(=O)O)CC1)c1ccccc1. The van der Waals surface area contributed by atoms with Gasteiger partial charge in [0.15, 0.2) is 0 Å². The topological polar surface area (TPSA) is 40.5 Å². The molecule has 1 unspecified atom stereocenters. The fourth-order valence-electron chi connectivity index (χ4n) is 2.73. The number of piperidine rings is 1. The Bertz CT molecular complexity index is 396. The van der Waals surface area contributed by atoms with Crippen LogP contribution in [0.1, 0.15) is 37.7 Å². The van der Waals surface area contributed by atoms with Gasteiger partial charge in [-0.1, -0.05) is 37.3 Å². The van der Waals surface area contributed by atoms with E-state index in [-0.39, 0.29) is 5.92 Å². The highest BCUT2D eigenvalue weighted by atomic mass is 16.4. The van der Waals surface area contributed by atoms with E-state index in [9.17, 15) is 4.79 Å². The highest BCUT2D eigenvalue weighted by molar-refractivity contribution is 5.70. The van der Waals surface area contributed by atoms with Crippen LogP contribution in [0.5, 0.6) is 0 Å². The van der Waals surface area contributed by atoms with Crippen molar-refractivity contribution in [3.8, 4) is 0 Å². The minimum absolute atomic E-state index is 0.122. The van der Waals surface area contributed by atoms with Gasteiger partial charge in [-0.15, -0.1) is 0 Å². The monoisotopic (exact) mass is 261 g/mol. The van der Waals surface area contributed by atoms with Gasteiger partial charge in [-0.05, 0) is 50.4 Å². The molecule has 0 aliphatic carbocycles. The minimum Gasteiger partial charge on any atom is -0.481 e. The first-order valence-electron chi connectivity index (χ1n) is 7.17. The smallest absolute Gasteiger partial charge is 0.306 e. The lowest BCUT2D eigenvalue weighted by atomic mass is 9.95. The Balaban J connectivity index is 1.73. The number of aliphatic carboxylic acids is 1. The Hall–Kier alpha value is -1.35. The Morgan fingerprint density at radius 3 is 2.53 bits per heavy atom. The standard InChI is InChI=1S/C16H23NO2/c1-13(14-5-3-2-4-6-14)7-10-17-11-8-15(9-12-17)16(18)19/h2-6,13,15H,7-12H2,1H3,(H,18,19). The van der Waals surface area contributed by atoms with Gasteiger partial charge in [0.1, 0.15) is 0 Å². The molecular weight excluding hydrogens is 238 g/mol. The normalized spacial score (nSPS) is 19.2. The van der Waals surface area contributed by atoms with Gasteiger partial charge in [-0.3, -0.25) is 4.79 Å². The van der Waals surface area contributed by atoms with Crippen molar-refractivity contribution in [2.24, 2.45) is 5.92 Å². The molecule has 0 radical (unpaired) electrons. The molecule has 1 fully saturated rings. The maximum Gasteiger partial charge on any atom is 0.306 e. The van der Waals surface area contributed by atoms with Gasteiger partial charge in [0.25, 0.3) is 0 Å². The molecular formula is C16H23NO2. The summed E-state index contributed by atoms with van der Waals surface area (Å²) < 4.78 is 0. The molecule has 19 heavy (non-hydrogen) atoms. The van der Waals surface area contributed by atoms with Gasteiger partial charge in [-0.2, -0.15) is 0 Å². The van der Waals surface area contributed by atoms with Crippen LogP contribution in [-0.2, 0) is 4.79 Å². The number of carboxylic acid groups (broad SMARTS) is 1. The zero-order valence-electron chi connectivity index (χ0n) is 11.6. The molecule has 1 N–H and O–H groups in total. The lowest BCUT2D eigenvalue weighted by Crippen LogP contribution is -2.37. The van der Waals surface area contributed by atoms with Gasteiger partial charge < -0.3 is 10.0 Å². The Morgan fingerprint density at radius 2 is 1.95 bits per heavy atom. The third kappa shape index (κ3) is 4.06. The lowest BCUT2D eigenvalue weighted by Gasteiger charge is -2.30. The molecule has 1 saturated heterocycles. The Kier molecular flexibility index (Phi) is 4.97. The molecule has 3 nitrogen and oxygen atoms in total. The molecule has 0 bridgehead atoms. The quantitative estimate of drug-likeness (QED) is 0.886. The summed E-state index contributed by atoms with van der Waals surface area (Å²) in [6.07, 6.45) is 2.74. The average Bonchev–Trinajstić information content (AvgIpc) is 2.46. The maximum atomic E-state index is 10.9. The molecule has 104 valence electrons. The van der Waals surface area contributed by atoms with Gasteiger partial charge in [0.05, 0.1) is 5.92 Å². The van der Waals surface area contributed by atoms with Crippen LogP contribution in [0.2, 0.25) is 0 Å². The van der Waals surface area contributed by atoms with Crippen LogP contribution in [0.15, 0.2) is 30.3 Å². The molecule has 3 heteroatoms. The summed E-state index contributed by atoms with van der Waals surface area (Å²) >= 11 is 0. The van der Waals surface area contributed by atoms with Gasteiger partial charge >= 0.3 is 5.97 Å². The average molecular weight is 261 g/mol. The van der Waals surface area contributed by atoms with E-state index in [1.165, 1.54) is 5.56 Å². The summed E-state index contributed by atoms with van der Waals surface area (Å²) in [5, 5.41) is 8.97. The van der Waals surface area contributed by atoms with Gasteiger partial charge in [-0.25, -0.2) is 0 Å². The Morgan fingerprint density at radius 1 is 1.32 bits per heavy atom. The van der Waals surface area contributed by atoms with Crippen LogP contribution in [0.4, 0.5) is 0 Å². The number of likely N-dealkylation sites (tertiary alicyclic amines) is 1. The summed E-state index contributed by atoms with van der Waals surface area (Å²) in [7, 11) is 0. The van der Waals surface area contributed by atoms with Crippen molar-refractivity contribution in [3.63, 3.8) is 0 Å². The number of carboxylic acids is 1. The second-order valence-corrected chi connectivity index (χ2v) is 5.55. The first-order chi connectivity index (χ1) is 9.16. The number of nitrogens with zero attached hydrogens (tertiary/aromatic N) is 1. The molecule has 1 aliphatic rings. The van der Waals surface area contributed by atoms with Crippen molar-refractivity contribution >= 4 is 5.97 Å². The molecule has 0 saturated carbocycles. The summed E-state index contributed by atoms with van der Waals surface area (Å²) in [4.78, 5) is 13.3. The summed E-state index contributed by atoms with van der Waals surface area (Å²) in [6, 6.07) is 10.6. The fourth-order valence-corrected chi connectivity index (χ4v) is 2.73. The summed E-state index contributed by atoms with van der Waals surface area (Å²) in [6.45, 7) is 5.19. The van der Waals surface area contributed by atoms with E-state index in [1.54, 1.807) is 0 Å². The first-order valence-corrected chi connectivity index (χ1v) is 7.17. The van der Waals surface area contributed by atoms with Gasteiger partial charge in [0, 0.05) is 0 Å².